The van der Waals surface area contributed by atoms with Crippen molar-refractivity contribution < 1.29 is 48.2 Å². The number of ether oxygens (including phenoxy) is 2. The zero-order valence-corrected chi connectivity index (χ0v) is 30.7. The molecule has 13 nitrogen and oxygen atoms in total. The van der Waals surface area contributed by atoms with Gasteiger partial charge in [0.1, 0.15) is 24.1 Å². The normalized spacial score (nSPS) is 22.2. The molecule has 4 atom stereocenters. The van der Waals surface area contributed by atoms with Crippen molar-refractivity contribution >= 4 is 33.7 Å². The van der Waals surface area contributed by atoms with E-state index in [9.17, 15) is 33.6 Å². The Morgan fingerprint density at radius 3 is 2.40 bits per heavy atom. The Kier molecular flexibility index (Phi) is 12.5. The molecule has 6 N–H and O–H groups in total. The summed E-state index contributed by atoms with van der Waals surface area (Å²) in [6, 6.07) is 14.3. The number of carbonyl (C=O) groups is 1. The van der Waals surface area contributed by atoms with Gasteiger partial charge in [0, 0.05) is 47.2 Å². The van der Waals surface area contributed by atoms with Gasteiger partial charge in [-0.25, -0.2) is 0 Å². The van der Waals surface area contributed by atoms with Gasteiger partial charge in [-0.3, -0.25) is 9.78 Å². The molecule has 0 unspecified atom stereocenters. The van der Waals surface area contributed by atoms with Gasteiger partial charge in [-0.2, -0.15) is 12.8 Å². The summed E-state index contributed by atoms with van der Waals surface area (Å²) in [5, 5.41) is 51.1. The molecule has 1 heterocycles. The Hall–Kier alpha value is -3.47. The van der Waals surface area contributed by atoms with Crippen molar-refractivity contribution in [3.8, 4) is 16.9 Å². The van der Waals surface area contributed by atoms with Gasteiger partial charge in [-0.05, 0) is 98.7 Å². The first-order valence-electron chi connectivity index (χ1n) is 17.9. The standard InChI is InChI=1S/C38H46ClN3O10S/c39-31-12-11-27(53(49,50)42-18-23-5-7-24(8-6-23)37(48)41-20-32(44)35(46)36(47)33(45)21-43)17-25(31)22-51-38(14-15-38)30-19-40-16-13-28(30)29-3-1-2-4-34(29)52-26-9-10-26/h1-4,11-13,16-19,23-24,26,32-33,35-36,43-47H,5-10,14-15,20-22H2,(H,41,48)/b42-18+/t23?,24?,32-,33+,35+,36+/m0/s1. The van der Waals surface area contributed by atoms with E-state index in [1.165, 1.54) is 24.4 Å². The lowest BCUT2D eigenvalue weighted by Crippen LogP contribution is -2.50. The molecule has 0 saturated heterocycles. The molecule has 1 amide bonds. The van der Waals surface area contributed by atoms with Crippen molar-refractivity contribution in [1.29, 1.82) is 0 Å². The van der Waals surface area contributed by atoms with Crippen LogP contribution >= 0.6 is 11.6 Å². The predicted octanol–water partition coefficient (Wildman–Crippen LogP) is 3.27. The summed E-state index contributed by atoms with van der Waals surface area (Å²) in [6.45, 7) is -1.09. The number of nitrogens with one attached hydrogen (secondary N) is 1. The predicted molar refractivity (Wildman–Crippen MR) is 196 cm³/mol. The van der Waals surface area contributed by atoms with Crippen LogP contribution in [0.3, 0.4) is 0 Å². The molecule has 3 fully saturated rings. The molecule has 286 valence electrons. The third-order valence-electron chi connectivity index (χ3n) is 10.2. The monoisotopic (exact) mass is 771 g/mol. The van der Waals surface area contributed by atoms with Gasteiger partial charge in [-0.1, -0.05) is 29.8 Å². The third kappa shape index (κ3) is 9.62. The number of pyridine rings is 1. The van der Waals surface area contributed by atoms with Gasteiger partial charge < -0.3 is 40.3 Å². The van der Waals surface area contributed by atoms with Crippen LogP contribution in [0.25, 0.3) is 11.1 Å². The van der Waals surface area contributed by atoms with Crippen molar-refractivity contribution in [2.75, 3.05) is 13.2 Å². The van der Waals surface area contributed by atoms with Gasteiger partial charge in [0.05, 0.1) is 35.9 Å². The number of aliphatic hydroxyl groups excluding tert-OH is 5. The number of amides is 1. The van der Waals surface area contributed by atoms with Crippen LogP contribution in [0.2, 0.25) is 5.02 Å². The molecule has 3 aliphatic rings. The van der Waals surface area contributed by atoms with E-state index in [0.717, 1.165) is 48.1 Å². The van der Waals surface area contributed by atoms with Gasteiger partial charge in [0.2, 0.25) is 5.91 Å². The van der Waals surface area contributed by atoms with Crippen LogP contribution in [0.5, 0.6) is 5.75 Å². The van der Waals surface area contributed by atoms with Crippen LogP contribution in [-0.4, -0.2) is 94.7 Å². The Morgan fingerprint density at radius 2 is 1.70 bits per heavy atom. The number of hydrogen-bond donors (Lipinski definition) is 6. The average Bonchev–Trinajstić information content (AvgIpc) is 4.13. The maximum atomic E-state index is 13.3. The van der Waals surface area contributed by atoms with E-state index in [1.807, 2.05) is 36.5 Å². The van der Waals surface area contributed by atoms with Crippen LogP contribution in [0.4, 0.5) is 0 Å². The highest BCUT2D eigenvalue weighted by atomic mass is 35.5. The number of nitrogens with zero attached hydrogens (tertiary/aromatic N) is 2. The minimum Gasteiger partial charge on any atom is -0.490 e. The number of aliphatic hydroxyl groups is 5. The van der Waals surface area contributed by atoms with Gasteiger partial charge in [0.15, 0.2) is 0 Å². The largest absolute Gasteiger partial charge is 0.490 e. The van der Waals surface area contributed by atoms with Crippen molar-refractivity contribution in [2.45, 2.75) is 99.0 Å². The third-order valence-corrected chi connectivity index (χ3v) is 11.8. The quantitative estimate of drug-likeness (QED) is 0.110. The summed E-state index contributed by atoms with van der Waals surface area (Å²) in [7, 11) is -4.07. The fraction of sp³-hybridized carbons (Fsp3) is 0.500. The Morgan fingerprint density at radius 1 is 0.981 bits per heavy atom. The van der Waals surface area contributed by atoms with Crippen LogP contribution < -0.4 is 10.1 Å². The summed E-state index contributed by atoms with van der Waals surface area (Å²) >= 11 is 6.54. The summed E-state index contributed by atoms with van der Waals surface area (Å²) < 4.78 is 43.3. The first-order valence-corrected chi connectivity index (χ1v) is 19.8. The maximum absolute atomic E-state index is 13.3. The van der Waals surface area contributed by atoms with Crippen molar-refractivity contribution in [3.05, 3.63) is 77.1 Å². The lowest BCUT2D eigenvalue weighted by atomic mass is 9.82. The number of halogens is 1. The molecule has 3 aromatic rings. The Bertz CT molecular complexity index is 1880. The molecule has 3 saturated carbocycles. The molecule has 2 aromatic carbocycles. The lowest BCUT2D eigenvalue weighted by molar-refractivity contribution is -0.130. The number of para-hydroxylation sites is 1. The van der Waals surface area contributed by atoms with E-state index < -0.39 is 52.6 Å². The first kappa shape index (κ1) is 39.2. The molecule has 0 aliphatic heterocycles. The Labute approximate surface area is 313 Å². The number of benzene rings is 2. The van der Waals surface area contributed by atoms with E-state index in [2.05, 4.69) is 14.7 Å². The Balaban J connectivity index is 1.04. The second-order valence-electron chi connectivity index (χ2n) is 14.2. The summed E-state index contributed by atoms with van der Waals surface area (Å²) in [6.07, 6.45) is 4.04. The van der Waals surface area contributed by atoms with Crippen LogP contribution in [-0.2, 0) is 31.8 Å². The van der Waals surface area contributed by atoms with E-state index >= 15 is 0 Å². The zero-order valence-electron chi connectivity index (χ0n) is 29.1. The summed E-state index contributed by atoms with van der Waals surface area (Å²) in [5.41, 5.74) is 2.80. The minimum absolute atomic E-state index is 0.0137. The molecule has 0 radical (unpaired) electrons. The lowest BCUT2D eigenvalue weighted by Gasteiger charge is -2.28. The van der Waals surface area contributed by atoms with Crippen LogP contribution in [0.1, 0.15) is 62.5 Å². The van der Waals surface area contributed by atoms with E-state index in [4.69, 9.17) is 26.2 Å². The SMILES string of the molecule is O=C(NC[C@H](O)[C@@H](O)[C@H](O)[C@H](O)CO)C1CCC(/C=N/S(=O)(=O)c2ccc(Cl)c(COC3(c4cnccc4-c4ccccc4OC4CC4)CC3)c2)CC1. The number of rotatable bonds is 17. The van der Waals surface area contributed by atoms with E-state index in [0.29, 0.717) is 36.3 Å². The van der Waals surface area contributed by atoms with Crippen LogP contribution in [0.15, 0.2) is 70.2 Å². The topological polar surface area (TPSA) is 208 Å². The van der Waals surface area contributed by atoms with Gasteiger partial charge in [-0.15, -0.1) is 0 Å². The maximum Gasteiger partial charge on any atom is 0.281 e. The van der Waals surface area contributed by atoms with Crippen molar-refractivity contribution in [3.63, 3.8) is 0 Å². The summed E-state index contributed by atoms with van der Waals surface area (Å²) in [4.78, 5) is 17.1. The highest BCUT2D eigenvalue weighted by molar-refractivity contribution is 7.90. The zero-order chi connectivity index (χ0) is 37.8. The van der Waals surface area contributed by atoms with Crippen LogP contribution in [0, 0.1) is 11.8 Å². The van der Waals surface area contributed by atoms with E-state index in [1.54, 1.807) is 6.20 Å². The molecule has 15 heteroatoms. The molecule has 0 spiro atoms. The fourth-order valence-corrected chi connectivity index (χ4v) is 7.74. The molecule has 0 bridgehead atoms. The average molecular weight is 772 g/mol. The number of sulfonamides is 1. The highest BCUT2D eigenvalue weighted by Gasteiger charge is 2.48. The fourth-order valence-electron chi connectivity index (χ4n) is 6.58. The number of carbonyl (C=O) groups excluding carboxylic acids is 1. The second kappa shape index (κ2) is 16.9. The number of aromatic nitrogens is 1. The van der Waals surface area contributed by atoms with Gasteiger partial charge >= 0.3 is 0 Å². The van der Waals surface area contributed by atoms with Crippen molar-refractivity contribution in [1.82, 2.24) is 10.3 Å². The van der Waals surface area contributed by atoms with E-state index in [-0.39, 0.29) is 36.0 Å². The molecule has 6 rings (SSSR count). The highest BCUT2D eigenvalue weighted by Crippen LogP contribution is 2.53. The molecule has 53 heavy (non-hydrogen) atoms. The molecular weight excluding hydrogens is 726 g/mol. The first-order chi connectivity index (χ1) is 25.4. The second-order valence-corrected chi connectivity index (χ2v) is 16.2. The van der Waals surface area contributed by atoms with Crippen molar-refractivity contribution in [2.24, 2.45) is 16.2 Å². The smallest absolute Gasteiger partial charge is 0.281 e. The van der Waals surface area contributed by atoms with Gasteiger partial charge in [0.25, 0.3) is 10.0 Å². The minimum atomic E-state index is -4.07. The molecular formula is C38H46ClN3O10S. The number of hydrogen-bond acceptors (Lipinski definition) is 11. The molecule has 1 aromatic heterocycles. The molecule has 3 aliphatic carbocycles. The summed E-state index contributed by atoms with van der Waals surface area (Å²) in [5.74, 6) is -0.0967.